The van der Waals surface area contributed by atoms with E-state index in [-0.39, 0.29) is 30.8 Å². The molecule has 2 heterocycles. The van der Waals surface area contributed by atoms with Gasteiger partial charge in [-0.25, -0.2) is 4.79 Å². The molecule has 4 N–H and O–H groups in total. The number of hydrogen-bond donors (Lipinski definition) is 4. The molecule has 4 aromatic rings. The minimum absolute atomic E-state index is 0.199. The summed E-state index contributed by atoms with van der Waals surface area (Å²) in [5.74, 6) is -0.747. The second-order valence-corrected chi connectivity index (χ2v) is 13.3. The molecule has 1 aliphatic rings. The minimum Gasteiger partial charge on any atom is -0.361 e. The molecule has 1 aliphatic heterocycles. The fourth-order valence-corrected chi connectivity index (χ4v) is 6.12. The van der Waals surface area contributed by atoms with Gasteiger partial charge in [-0.15, -0.1) is 0 Å². The molecule has 3 amide bonds. The van der Waals surface area contributed by atoms with Crippen molar-refractivity contribution in [1.29, 1.82) is 0 Å². The molecule has 0 saturated carbocycles. The summed E-state index contributed by atoms with van der Waals surface area (Å²) < 4.78 is 12.3. The van der Waals surface area contributed by atoms with Crippen LogP contribution in [-0.4, -0.2) is 40.9 Å². The molecule has 1 aromatic heterocycles. The molecule has 45 heavy (non-hydrogen) atoms. The van der Waals surface area contributed by atoms with E-state index in [9.17, 15) is 9.59 Å². The Morgan fingerprint density at radius 1 is 0.933 bits per heavy atom. The highest BCUT2D eigenvalue weighted by Gasteiger charge is 2.42. The van der Waals surface area contributed by atoms with Crippen LogP contribution in [0.2, 0.25) is 0 Å². The average molecular weight is 611 g/mol. The van der Waals surface area contributed by atoms with Gasteiger partial charge in [0.05, 0.1) is 12.6 Å². The standard InChI is InChI=1S/C37H46N4O4/c1-23(2)27-17-13-18-28(24(3)4)32(27)40-35(43)41-37(7,20-26-21-38-30-19-12-11-16-29(26)30)34(42)39-31-22-44-36(5,6)45-33(31)25-14-9-8-10-15-25/h8-19,21,23-24,31,33,38H,20,22H2,1-7H3,(H,39,42)(H2,40,41,43)/t31-,33?,37?/m1/s1. The van der Waals surface area contributed by atoms with E-state index in [1.54, 1.807) is 6.92 Å². The predicted octanol–water partition coefficient (Wildman–Crippen LogP) is 7.55. The number of fused-ring (bicyclic) bond motifs is 1. The van der Waals surface area contributed by atoms with E-state index in [1.165, 1.54) is 0 Å². The second kappa shape index (κ2) is 13.1. The number of ether oxygens (including phenoxy) is 2. The van der Waals surface area contributed by atoms with E-state index in [2.05, 4.69) is 48.6 Å². The molecule has 0 bridgehead atoms. The number of carbonyl (C=O) groups excluding carboxylic acids is 2. The highest BCUT2D eigenvalue weighted by atomic mass is 16.7. The fourth-order valence-electron chi connectivity index (χ4n) is 6.12. The summed E-state index contributed by atoms with van der Waals surface area (Å²) in [6.07, 6.45) is 1.73. The maximum atomic E-state index is 14.4. The zero-order valence-corrected chi connectivity index (χ0v) is 27.4. The summed E-state index contributed by atoms with van der Waals surface area (Å²) in [6.45, 7) is 14.2. The van der Waals surface area contributed by atoms with Gasteiger partial charge in [0.2, 0.25) is 5.91 Å². The van der Waals surface area contributed by atoms with Crippen molar-refractivity contribution in [2.24, 2.45) is 0 Å². The van der Waals surface area contributed by atoms with Gasteiger partial charge in [0.25, 0.3) is 0 Å². The normalized spacial score (nSPS) is 19.3. The third-order valence-electron chi connectivity index (χ3n) is 8.55. The van der Waals surface area contributed by atoms with Crippen molar-refractivity contribution in [3.8, 4) is 0 Å². The number of carbonyl (C=O) groups is 2. The zero-order chi connectivity index (χ0) is 32.4. The number of aromatic nitrogens is 1. The maximum absolute atomic E-state index is 14.4. The van der Waals surface area contributed by atoms with Crippen LogP contribution >= 0.6 is 0 Å². The van der Waals surface area contributed by atoms with Crippen molar-refractivity contribution in [3.63, 3.8) is 0 Å². The first-order valence-electron chi connectivity index (χ1n) is 15.8. The van der Waals surface area contributed by atoms with Gasteiger partial charge in [-0.3, -0.25) is 4.79 Å². The fraction of sp³-hybridized carbons (Fsp3) is 0.405. The highest BCUT2D eigenvalue weighted by molar-refractivity contribution is 5.97. The number of benzene rings is 3. The number of amides is 3. The number of aromatic amines is 1. The number of para-hydroxylation sites is 2. The Kier molecular flexibility index (Phi) is 9.37. The number of hydrogen-bond acceptors (Lipinski definition) is 4. The molecule has 8 nitrogen and oxygen atoms in total. The van der Waals surface area contributed by atoms with Crippen LogP contribution in [0.1, 0.15) is 88.7 Å². The Morgan fingerprint density at radius 3 is 2.24 bits per heavy atom. The zero-order valence-electron chi connectivity index (χ0n) is 27.4. The van der Waals surface area contributed by atoms with E-state index in [0.717, 1.165) is 38.8 Å². The number of nitrogens with one attached hydrogen (secondary N) is 4. The SMILES string of the molecule is CC(C)c1cccc(C(C)C)c1NC(=O)NC(C)(Cc1c[nH]c2ccccc12)C(=O)N[C@@H]1COC(C)(C)OC1c1ccccc1. The number of H-pyrrole nitrogens is 1. The van der Waals surface area contributed by atoms with Crippen LogP contribution in [-0.2, 0) is 20.7 Å². The van der Waals surface area contributed by atoms with Crippen LogP contribution < -0.4 is 16.0 Å². The van der Waals surface area contributed by atoms with Gasteiger partial charge >= 0.3 is 6.03 Å². The lowest BCUT2D eigenvalue weighted by Gasteiger charge is -2.42. The van der Waals surface area contributed by atoms with Crippen LogP contribution in [0.4, 0.5) is 10.5 Å². The van der Waals surface area contributed by atoms with Gasteiger partial charge in [0.15, 0.2) is 5.79 Å². The van der Waals surface area contributed by atoms with Gasteiger partial charge < -0.3 is 30.4 Å². The molecular weight excluding hydrogens is 564 g/mol. The molecule has 0 spiro atoms. The molecule has 5 rings (SSSR count). The Morgan fingerprint density at radius 2 is 1.58 bits per heavy atom. The van der Waals surface area contributed by atoms with Crippen LogP contribution in [0.25, 0.3) is 10.9 Å². The van der Waals surface area contributed by atoms with Gasteiger partial charge in [0.1, 0.15) is 11.6 Å². The summed E-state index contributed by atoms with van der Waals surface area (Å²) in [4.78, 5) is 31.6. The van der Waals surface area contributed by atoms with Crippen LogP contribution in [0.15, 0.2) is 79.0 Å². The van der Waals surface area contributed by atoms with Crippen molar-refractivity contribution < 1.29 is 19.1 Å². The summed E-state index contributed by atoms with van der Waals surface area (Å²) in [7, 11) is 0. The van der Waals surface area contributed by atoms with Crippen LogP contribution in [0, 0.1) is 0 Å². The van der Waals surface area contributed by atoms with Crippen LogP contribution in [0.5, 0.6) is 0 Å². The number of rotatable bonds is 9. The van der Waals surface area contributed by atoms with Crippen molar-refractivity contribution >= 4 is 28.5 Å². The molecule has 0 aliphatic carbocycles. The average Bonchev–Trinajstić information content (AvgIpc) is 3.40. The van der Waals surface area contributed by atoms with E-state index in [4.69, 9.17) is 9.47 Å². The van der Waals surface area contributed by atoms with Crippen LogP contribution in [0.3, 0.4) is 0 Å². The van der Waals surface area contributed by atoms with Gasteiger partial charge in [-0.1, -0.05) is 94.4 Å². The topological polar surface area (TPSA) is 104 Å². The first-order chi connectivity index (χ1) is 21.4. The molecule has 0 radical (unpaired) electrons. The minimum atomic E-state index is -1.33. The van der Waals surface area contributed by atoms with Crippen molar-refractivity contribution in [2.45, 2.75) is 90.2 Å². The van der Waals surface area contributed by atoms with Gasteiger partial charge in [-0.05, 0) is 60.9 Å². The smallest absolute Gasteiger partial charge is 0.320 e. The molecular formula is C37H46N4O4. The van der Waals surface area contributed by atoms with E-state index in [0.29, 0.717) is 0 Å². The monoisotopic (exact) mass is 610 g/mol. The predicted molar refractivity (Wildman–Crippen MR) is 179 cm³/mol. The summed E-state index contributed by atoms with van der Waals surface area (Å²) >= 11 is 0. The Balaban J connectivity index is 1.47. The molecule has 8 heteroatoms. The highest BCUT2D eigenvalue weighted by Crippen LogP contribution is 2.35. The first kappa shape index (κ1) is 32.3. The summed E-state index contributed by atoms with van der Waals surface area (Å²) in [5.41, 5.74) is 4.38. The molecule has 3 atom stereocenters. The Hall–Kier alpha value is -4.14. The number of anilines is 1. The van der Waals surface area contributed by atoms with E-state index >= 15 is 0 Å². The Bertz CT molecular complexity index is 1620. The lowest BCUT2D eigenvalue weighted by atomic mass is 9.90. The first-order valence-corrected chi connectivity index (χ1v) is 15.8. The summed E-state index contributed by atoms with van der Waals surface area (Å²) in [5, 5.41) is 10.4. The number of urea groups is 1. The van der Waals surface area contributed by atoms with Gasteiger partial charge in [-0.2, -0.15) is 0 Å². The second-order valence-electron chi connectivity index (χ2n) is 13.3. The van der Waals surface area contributed by atoms with Crippen molar-refractivity contribution in [2.75, 3.05) is 11.9 Å². The van der Waals surface area contributed by atoms with Crippen molar-refractivity contribution in [1.82, 2.24) is 15.6 Å². The third-order valence-corrected chi connectivity index (χ3v) is 8.55. The molecule has 2 unspecified atom stereocenters. The largest absolute Gasteiger partial charge is 0.361 e. The van der Waals surface area contributed by atoms with Gasteiger partial charge in [0, 0.05) is 29.2 Å². The molecule has 1 fully saturated rings. The lowest BCUT2D eigenvalue weighted by Crippen LogP contribution is -2.63. The third kappa shape index (κ3) is 7.24. The quantitative estimate of drug-likeness (QED) is 0.157. The summed E-state index contributed by atoms with van der Waals surface area (Å²) in [6, 6.07) is 23.0. The van der Waals surface area contributed by atoms with E-state index in [1.807, 2.05) is 92.8 Å². The molecule has 1 saturated heterocycles. The molecule has 3 aromatic carbocycles. The lowest BCUT2D eigenvalue weighted by molar-refractivity contribution is -0.285. The van der Waals surface area contributed by atoms with E-state index < -0.39 is 29.5 Å². The maximum Gasteiger partial charge on any atom is 0.320 e. The Labute approximate surface area is 266 Å². The molecule has 238 valence electrons. The van der Waals surface area contributed by atoms with Crippen molar-refractivity contribution in [3.05, 3.63) is 101 Å².